The summed E-state index contributed by atoms with van der Waals surface area (Å²) in [5, 5.41) is 0. The van der Waals surface area contributed by atoms with Crippen molar-refractivity contribution < 1.29 is 9.18 Å². The summed E-state index contributed by atoms with van der Waals surface area (Å²) in [7, 11) is 0. The van der Waals surface area contributed by atoms with Gasteiger partial charge in [0.05, 0.1) is 0 Å². The molecule has 4 heteroatoms. The molecular formula is C18H27FN2O. The van der Waals surface area contributed by atoms with Gasteiger partial charge in [0.15, 0.2) is 0 Å². The minimum atomic E-state index is -0.158. The monoisotopic (exact) mass is 306 g/mol. The fourth-order valence-corrected chi connectivity index (χ4v) is 3.28. The van der Waals surface area contributed by atoms with E-state index >= 15 is 0 Å². The second kappa shape index (κ2) is 8.28. The lowest BCUT2D eigenvalue weighted by atomic mass is 9.97. The number of benzene rings is 1. The molecule has 1 atom stereocenters. The minimum absolute atomic E-state index is 0.158. The lowest BCUT2D eigenvalue weighted by Gasteiger charge is -2.35. The second-order valence-corrected chi connectivity index (χ2v) is 6.25. The standard InChI is InChI=1S/C18H27FN2O/c1-3-21(15(2)22)14-17-7-5-10-20(13-17)11-9-16-6-4-8-18(19)12-16/h4,6,8,12,17H,3,5,7,9-11,13-14H2,1-2H3/t17-/m0/s1. The highest BCUT2D eigenvalue weighted by Gasteiger charge is 2.22. The molecule has 0 bridgehead atoms. The first kappa shape index (κ1) is 16.9. The Morgan fingerprint density at radius 2 is 2.27 bits per heavy atom. The summed E-state index contributed by atoms with van der Waals surface area (Å²) >= 11 is 0. The first-order chi connectivity index (χ1) is 10.6. The van der Waals surface area contributed by atoms with Gasteiger partial charge in [0.2, 0.25) is 5.91 Å². The normalized spacial score (nSPS) is 19.1. The Labute approximate surface area is 133 Å². The van der Waals surface area contributed by atoms with E-state index in [0.29, 0.717) is 5.92 Å². The minimum Gasteiger partial charge on any atom is -0.343 e. The number of halogens is 1. The van der Waals surface area contributed by atoms with Crippen LogP contribution in [0.1, 0.15) is 32.3 Å². The Hall–Kier alpha value is -1.42. The van der Waals surface area contributed by atoms with Crippen molar-refractivity contribution in [3.63, 3.8) is 0 Å². The van der Waals surface area contributed by atoms with Gasteiger partial charge in [-0.05, 0) is 56.3 Å². The summed E-state index contributed by atoms with van der Waals surface area (Å²) in [4.78, 5) is 15.9. The molecule has 0 saturated carbocycles. The largest absolute Gasteiger partial charge is 0.343 e. The molecule has 1 fully saturated rings. The Morgan fingerprint density at radius 1 is 1.45 bits per heavy atom. The fraction of sp³-hybridized carbons (Fsp3) is 0.611. The van der Waals surface area contributed by atoms with E-state index in [1.165, 1.54) is 18.9 Å². The van der Waals surface area contributed by atoms with Crippen molar-refractivity contribution in [1.82, 2.24) is 9.80 Å². The summed E-state index contributed by atoms with van der Waals surface area (Å²) in [6.45, 7) is 8.45. The number of carbonyl (C=O) groups excluding carboxylic acids is 1. The van der Waals surface area contributed by atoms with Crippen LogP contribution >= 0.6 is 0 Å². The zero-order valence-electron chi connectivity index (χ0n) is 13.7. The molecule has 1 heterocycles. The first-order valence-corrected chi connectivity index (χ1v) is 8.30. The van der Waals surface area contributed by atoms with E-state index in [4.69, 9.17) is 0 Å². The average Bonchev–Trinajstić information content (AvgIpc) is 2.51. The van der Waals surface area contributed by atoms with Crippen molar-refractivity contribution in [2.75, 3.05) is 32.7 Å². The van der Waals surface area contributed by atoms with E-state index in [9.17, 15) is 9.18 Å². The maximum Gasteiger partial charge on any atom is 0.219 e. The van der Waals surface area contributed by atoms with Crippen LogP contribution in [-0.2, 0) is 11.2 Å². The van der Waals surface area contributed by atoms with E-state index in [1.807, 2.05) is 17.9 Å². The van der Waals surface area contributed by atoms with Crippen molar-refractivity contribution in [1.29, 1.82) is 0 Å². The molecule has 0 unspecified atom stereocenters. The third kappa shape index (κ3) is 5.09. The van der Waals surface area contributed by atoms with Crippen LogP contribution in [0.4, 0.5) is 4.39 Å². The van der Waals surface area contributed by atoms with E-state index in [1.54, 1.807) is 19.1 Å². The Balaban J connectivity index is 1.81. The molecule has 0 radical (unpaired) electrons. The summed E-state index contributed by atoms with van der Waals surface area (Å²) in [6.07, 6.45) is 3.26. The van der Waals surface area contributed by atoms with Gasteiger partial charge in [0, 0.05) is 33.1 Å². The van der Waals surface area contributed by atoms with Crippen molar-refractivity contribution in [2.45, 2.75) is 33.1 Å². The van der Waals surface area contributed by atoms with Crippen LogP contribution in [0.25, 0.3) is 0 Å². The average molecular weight is 306 g/mol. The van der Waals surface area contributed by atoms with Crippen LogP contribution in [0, 0.1) is 11.7 Å². The highest BCUT2D eigenvalue weighted by molar-refractivity contribution is 5.73. The molecule has 1 amide bonds. The SMILES string of the molecule is CCN(C[C@H]1CCCN(CCc2cccc(F)c2)C1)C(C)=O. The van der Waals surface area contributed by atoms with Gasteiger partial charge in [-0.15, -0.1) is 0 Å². The second-order valence-electron chi connectivity index (χ2n) is 6.25. The number of hydrogen-bond donors (Lipinski definition) is 0. The maximum atomic E-state index is 13.2. The zero-order chi connectivity index (χ0) is 15.9. The molecule has 2 rings (SSSR count). The van der Waals surface area contributed by atoms with Crippen LogP contribution in [0.15, 0.2) is 24.3 Å². The number of carbonyl (C=O) groups is 1. The lowest BCUT2D eigenvalue weighted by molar-refractivity contribution is -0.129. The molecule has 3 nitrogen and oxygen atoms in total. The van der Waals surface area contributed by atoms with Gasteiger partial charge in [0.25, 0.3) is 0 Å². The molecule has 0 aliphatic carbocycles. The van der Waals surface area contributed by atoms with Crippen LogP contribution in [0.2, 0.25) is 0 Å². The maximum absolute atomic E-state index is 13.2. The molecule has 0 spiro atoms. The number of amides is 1. The van der Waals surface area contributed by atoms with Crippen molar-refractivity contribution in [2.24, 2.45) is 5.92 Å². The van der Waals surface area contributed by atoms with Gasteiger partial charge in [-0.3, -0.25) is 4.79 Å². The summed E-state index contributed by atoms with van der Waals surface area (Å²) in [5.74, 6) is 0.568. The number of piperidine rings is 1. The highest BCUT2D eigenvalue weighted by atomic mass is 19.1. The summed E-state index contributed by atoms with van der Waals surface area (Å²) < 4.78 is 13.2. The fourth-order valence-electron chi connectivity index (χ4n) is 3.28. The number of hydrogen-bond acceptors (Lipinski definition) is 2. The van der Waals surface area contributed by atoms with E-state index in [-0.39, 0.29) is 11.7 Å². The van der Waals surface area contributed by atoms with E-state index < -0.39 is 0 Å². The molecule has 122 valence electrons. The van der Waals surface area contributed by atoms with E-state index in [2.05, 4.69) is 4.90 Å². The smallest absolute Gasteiger partial charge is 0.219 e. The van der Waals surface area contributed by atoms with Crippen LogP contribution in [0.3, 0.4) is 0 Å². The highest BCUT2D eigenvalue weighted by Crippen LogP contribution is 2.18. The van der Waals surface area contributed by atoms with Crippen molar-refractivity contribution >= 4 is 5.91 Å². The van der Waals surface area contributed by atoms with Crippen LogP contribution < -0.4 is 0 Å². The predicted octanol–water partition coefficient (Wildman–Crippen LogP) is 2.95. The van der Waals surface area contributed by atoms with Crippen LogP contribution in [-0.4, -0.2) is 48.4 Å². The van der Waals surface area contributed by atoms with Crippen molar-refractivity contribution in [3.05, 3.63) is 35.6 Å². The molecule has 1 aromatic rings. The molecular weight excluding hydrogens is 279 g/mol. The molecule has 1 aromatic carbocycles. The molecule has 1 saturated heterocycles. The Bertz CT molecular complexity index is 492. The number of rotatable bonds is 6. The summed E-state index contributed by atoms with van der Waals surface area (Å²) in [5.41, 5.74) is 1.06. The zero-order valence-corrected chi connectivity index (χ0v) is 13.7. The third-order valence-corrected chi connectivity index (χ3v) is 4.51. The van der Waals surface area contributed by atoms with Gasteiger partial charge in [-0.2, -0.15) is 0 Å². The molecule has 1 aliphatic rings. The van der Waals surface area contributed by atoms with Gasteiger partial charge in [-0.1, -0.05) is 12.1 Å². The Morgan fingerprint density at radius 3 is 2.95 bits per heavy atom. The van der Waals surface area contributed by atoms with E-state index in [0.717, 1.165) is 44.7 Å². The number of nitrogens with zero attached hydrogens (tertiary/aromatic N) is 2. The topological polar surface area (TPSA) is 23.6 Å². The van der Waals surface area contributed by atoms with Crippen molar-refractivity contribution in [3.8, 4) is 0 Å². The van der Waals surface area contributed by atoms with Gasteiger partial charge < -0.3 is 9.80 Å². The lowest BCUT2D eigenvalue weighted by Crippen LogP contribution is -2.42. The molecule has 1 aliphatic heterocycles. The molecule has 0 N–H and O–H groups in total. The Kier molecular flexibility index (Phi) is 6.37. The van der Waals surface area contributed by atoms with Gasteiger partial charge in [0.1, 0.15) is 5.82 Å². The molecule has 22 heavy (non-hydrogen) atoms. The number of likely N-dealkylation sites (tertiary alicyclic amines) is 1. The molecule has 0 aromatic heterocycles. The van der Waals surface area contributed by atoms with Gasteiger partial charge >= 0.3 is 0 Å². The first-order valence-electron chi connectivity index (χ1n) is 8.30. The van der Waals surface area contributed by atoms with Gasteiger partial charge in [-0.25, -0.2) is 4.39 Å². The summed E-state index contributed by atoms with van der Waals surface area (Å²) in [6, 6.07) is 6.87. The quantitative estimate of drug-likeness (QED) is 0.807. The van der Waals surface area contributed by atoms with Crippen LogP contribution in [0.5, 0.6) is 0 Å². The predicted molar refractivity (Wildman–Crippen MR) is 87.2 cm³/mol. The third-order valence-electron chi connectivity index (χ3n) is 4.51.